The minimum absolute atomic E-state index is 0.182. The van der Waals surface area contributed by atoms with Crippen molar-refractivity contribution < 1.29 is 9.59 Å². The number of rotatable bonds is 2. The zero-order valence-electron chi connectivity index (χ0n) is 11.6. The number of thiazole rings is 1. The molecule has 1 aliphatic heterocycles. The van der Waals surface area contributed by atoms with Gasteiger partial charge < -0.3 is 0 Å². The lowest BCUT2D eigenvalue weighted by molar-refractivity contribution is -0.121. The van der Waals surface area contributed by atoms with Crippen LogP contribution in [0.5, 0.6) is 0 Å². The molecule has 3 aromatic rings. The van der Waals surface area contributed by atoms with Gasteiger partial charge in [0.2, 0.25) is 11.8 Å². The molecule has 0 radical (unpaired) electrons. The topological polar surface area (TPSA) is 50.3 Å². The van der Waals surface area contributed by atoms with Crippen molar-refractivity contribution in [3.8, 4) is 0 Å². The minimum atomic E-state index is -0.402. The SMILES string of the molecule is O=C1C[C@H](c2ccccc2)C(=O)N1c1nc2ccccc2s1. The standard InChI is InChI=1S/C17H12N2O2S/c20-15-10-12(11-6-2-1-3-7-11)16(21)19(15)17-18-13-8-4-5-9-14(13)22-17/h1-9,12H,10H2/t12-/m1/s1. The molecular weight excluding hydrogens is 296 g/mol. The first-order chi connectivity index (χ1) is 10.7. The molecule has 5 heteroatoms. The Hall–Kier alpha value is -2.53. The monoisotopic (exact) mass is 308 g/mol. The maximum atomic E-state index is 12.7. The molecule has 1 aromatic heterocycles. The minimum Gasteiger partial charge on any atom is -0.274 e. The third-order valence-electron chi connectivity index (χ3n) is 3.82. The zero-order chi connectivity index (χ0) is 15.1. The lowest BCUT2D eigenvalue weighted by Gasteiger charge is -2.11. The van der Waals surface area contributed by atoms with Crippen molar-refractivity contribution >= 4 is 38.5 Å². The highest BCUT2D eigenvalue weighted by Gasteiger charge is 2.41. The summed E-state index contributed by atoms with van der Waals surface area (Å²) in [6.45, 7) is 0. The van der Waals surface area contributed by atoms with Gasteiger partial charge in [0.15, 0.2) is 5.13 Å². The van der Waals surface area contributed by atoms with Crippen LogP contribution < -0.4 is 4.90 Å². The maximum Gasteiger partial charge on any atom is 0.243 e. The fraction of sp³-hybridized carbons (Fsp3) is 0.118. The molecule has 2 amide bonds. The summed E-state index contributed by atoms with van der Waals surface area (Å²) in [5, 5.41) is 0.467. The first-order valence-corrected chi connectivity index (χ1v) is 7.83. The summed E-state index contributed by atoms with van der Waals surface area (Å²) in [4.78, 5) is 30.6. The largest absolute Gasteiger partial charge is 0.274 e. The van der Waals surface area contributed by atoms with Gasteiger partial charge in [0.05, 0.1) is 16.1 Å². The Bertz CT molecular complexity index is 840. The molecule has 2 heterocycles. The predicted molar refractivity (Wildman–Crippen MR) is 85.9 cm³/mol. The van der Waals surface area contributed by atoms with E-state index in [1.54, 1.807) is 0 Å². The molecule has 108 valence electrons. The summed E-state index contributed by atoms with van der Waals surface area (Å²) in [6.07, 6.45) is 0.207. The van der Waals surface area contributed by atoms with Crippen molar-refractivity contribution in [2.45, 2.75) is 12.3 Å². The number of carbonyl (C=O) groups excluding carboxylic acids is 2. The van der Waals surface area contributed by atoms with Gasteiger partial charge in [0.25, 0.3) is 0 Å². The van der Waals surface area contributed by atoms with E-state index in [9.17, 15) is 9.59 Å². The summed E-state index contributed by atoms with van der Waals surface area (Å²) in [7, 11) is 0. The lowest BCUT2D eigenvalue weighted by Crippen LogP contribution is -2.29. The van der Waals surface area contributed by atoms with Crippen molar-refractivity contribution in [2.24, 2.45) is 0 Å². The van der Waals surface area contributed by atoms with Gasteiger partial charge in [-0.1, -0.05) is 53.8 Å². The number of fused-ring (bicyclic) bond motifs is 1. The Kier molecular flexibility index (Phi) is 3.01. The van der Waals surface area contributed by atoms with Gasteiger partial charge in [-0.3, -0.25) is 9.59 Å². The number of para-hydroxylation sites is 1. The molecule has 1 atom stereocenters. The molecule has 1 aliphatic rings. The van der Waals surface area contributed by atoms with E-state index < -0.39 is 5.92 Å². The van der Waals surface area contributed by atoms with Gasteiger partial charge >= 0.3 is 0 Å². The third kappa shape index (κ3) is 2.02. The van der Waals surface area contributed by atoms with Crippen LogP contribution in [0.3, 0.4) is 0 Å². The quantitative estimate of drug-likeness (QED) is 0.682. The van der Waals surface area contributed by atoms with Crippen molar-refractivity contribution in [1.29, 1.82) is 0 Å². The average Bonchev–Trinajstić information content (AvgIpc) is 3.08. The lowest BCUT2D eigenvalue weighted by atomic mass is 9.98. The van der Waals surface area contributed by atoms with Crippen molar-refractivity contribution in [1.82, 2.24) is 4.98 Å². The van der Waals surface area contributed by atoms with E-state index in [1.165, 1.54) is 16.2 Å². The van der Waals surface area contributed by atoms with Crippen LogP contribution in [0.2, 0.25) is 0 Å². The smallest absolute Gasteiger partial charge is 0.243 e. The maximum absolute atomic E-state index is 12.7. The van der Waals surface area contributed by atoms with E-state index in [-0.39, 0.29) is 18.2 Å². The van der Waals surface area contributed by atoms with Crippen LogP contribution in [0.1, 0.15) is 17.9 Å². The zero-order valence-corrected chi connectivity index (χ0v) is 12.4. The summed E-state index contributed by atoms with van der Waals surface area (Å²) in [5.74, 6) is -0.770. The van der Waals surface area contributed by atoms with Crippen LogP contribution in [0.25, 0.3) is 10.2 Å². The number of hydrogen-bond acceptors (Lipinski definition) is 4. The Balaban J connectivity index is 1.73. The average molecular weight is 308 g/mol. The molecule has 1 saturated heterocycles. The Morgan fingerprint density at radius 3 is 2.50 bits per heavy atom. The van der Waals surface area contributed by atoms with Crippen LogP contribution in [0.15, 0.2) is 54.6 Å². The van der Waals surface area contributed by atoms with Gasteiger partial charge in [-0.25, -0.2) is 9.88 Å². The Morgan fingerprint density at radius 1 is 1.00 bits per heavy atom. The molecule has 0 aliphatic carbocycles. The highest BCUT2D eigenvalue weighted by atomic mass is 32.1. The number of nitrogens with zero attached hydrogens (tertiary/aromatic N) is 2. The Labute approximate surface area is 131 Å². The second-order valence-corrected chi connectivity index (χ2v) is 6.21. The number of imide groups is 1. The van der Waals surface area contributed by atoms with E-state index in [0.29, 0.717) is 5.13 Å². The molecule has 0 saturated carbocycles. The summed E-state index contributed by atoms with van der Waals surface area (Å²) >= 11 is 1.37. The molecule has 0 spiro atoms. The summed E-state index contributed by atoms with van der Waals surface area (Å²) < 4.78 is 0.973. The Morgan fingerprint density at radius 2 is 1.73 bits per heavy atom. The number of amides is 2. The van der Waals surface area contributed by atoms with E-state index in [4.69, 9.17) is 0 Å². The number of hydrogen-bond donors (Lipinski definition) is 0. The molecule has 0 unspecified atom stereocenters. The predicted octanol–water partition coefficient (Wildman–Crippen LogP) is 3.34. The number of anilines is 1. The molecule has 4 rings (SSSR count). The number of benzene rings is 2. The van der Waals surface area contributed by atoms with Crippen LogP contribution in [-0.2, 0) is 9.59 Å². The van der Waals surface area contributed by atoms with Gasteiger partial charge in [0.1, 0.15) is 0 Å². The number of aromatic nitrogens is 1. The molecule has 0 N–H and O–H groups in total. The fourth-order valence-corrected chi connectivity index (χ4v) is 3.72. The first kappa shape index (κ1) is 13.2. The van der Waals surface area contributed by atoms with Gasteiger partial charge in [-0.15, -0.1) is 0 Å². The summed E-state index contributed by atoms with van der Waals surface area (Å²) in [6, 6.07) is 17.1. The molecule has 22 heavy (non-hydrogen) atoms. The van der Waals surface area contributed by atoms with Crippen LogP contribution in [-0.4, -0.2) is 16.8 Å². The highest BCUT2D eigenvalue weighted by Crippen LogP contribution is 2.36. The summed E-state index contributed by atoms with van der Waals surface area (Å²) in [5.41, 5.74) is 1.69. The van der Waals surface area contributed by atoms with E-state index in [2.05, 4.69) is 4.98 Å². The molecular formula is C17H12N2O2S. The number of carbonyl (C=O) groups is 2. The second-order valence-electron chi connectivity index (χ2n) is 5.20. The van der Waals surface area contributed by atoms with Crippen LogP contribution in [0, 0.1) is 0 Å². The molecule has 2 aromatic carbocycles. The van der Waals surface area contributed by atoms with Gasteiger partial charge in [0, 0.05) is 6.42 Å². The van der Waals surface area contributed by atoms with Crippen LogP contribution >= 0.6 is 11.3 Å². The van der Waals surface area contributed by atoms with Gasteiger partial charge in [-0.2, -0.15) is 0 Å². The van der Waals surface area contributed by atoms with E-state index in [1.807, 2.05) is 54.6 Å². The van der Waals surface area contributed by atoms with E-state index in [0.717, 1.165) is 15.8 Å². The first-order valence-electron chi connectivity index (χ1n) is 7.01. The molecule has 4 nitrogen and oxygen atoms in total. The normalized spacial score (nSPS) is 18.4. The van der Waals surface area contributed by atoms with Gasteiger partial charge in [-0.05, 0) is 17.7 Å². The van der Waals surface area contributed by atoms with Crippen molar-refractivity contribution in [2.75, 3.05) is 4.90 Å². The molecule has 1 fully saturated rings. The van der Waals surface area contributed by atoms with E-state index >= 15 is 0 Å². The van der Waals surface area contributed by atoms with Crippen LogP contribution in [0.4, 0.5) is 5.13 Å². The highest BCUT2D eigenvalue weighted by molar-refractivity contribution is 7.22. The fourth-order valence-electron chi connectivity index (χ4n) is 2.73. The second kappa shape index (κ2) is 5.03. The third-order valence-corrected chi connectivity index (χ3v) is 4.84. The van der Waals surface area contributed by atoms with Crippen molar-refractivity contribution in [3.63, 3.8) is 0 Å². The molecule has 0 bridgehead atoms. The van der Waals surface area contributed by atoms with Crippen molar-refractivity contribution in [3.05, 3.63) is 60.2 Å².